The molecule has 0 radical (unpaired) electrons. The average Bonchev–Trinajstić information content (AvgIpc) is 2.61. The fourth-order valence-corrected chi connectivity index (χ4v) is 3.91. The number of halogens is 1. The van der Waals surface area contributed by atoms with Crippen molar-refractivity contribution in [1.29, 1.82) is 0 Å². The van der Waals surface area contributed by atoms with E-state index in [2.05, 4.69) is 0 Å². The third-order valence-electron chi connectivity index (χ3n) is 3.02. The minimum Gasteiger partial charge on any atom is -0.491 e. The quantitative estimate of drug-likeness (QED) is 0.620. The fourth-order valence-electron chi connectivity index (χ4n) is 2.07. The molecule has 0 amide bonds. The molecule has 1 aromatic carbocycles. The molecule has 0 bridgehead atoms. The summed E-state index contributed by atoms with van der Waals surface area (Å²) in [4.78, 5) is 0. The second-order valence-corrected chi connectivity index (χ2v) is 6.84. The van der Waals surface area contributed by atoms with Crippen LogP contribution < -0.4 is 9.04 Å². The van der Waals surface area contributed by atoms with Crippen molar-refractivity contribution in [2.75, 3.05) is 29.1 Å². The molecule has 1 heterocycles. The first-order valence-corrected chi connectivity index (χ1v) is 8.58. The number of nitrogens with zero attached hydrogens (tertiary/aromatic N) is 1. The standard InChI is InChI=1S/C13H18ClNO3S/c14-8-3-4-11-19(16,17)15-9-5-10-18-13-7-2-1-6-12(13)15/h1-2,6-7H,3-5,8-11H2. The fraction of sp³-hybridized carbons (Fsp3) is 0.538. The van der Waals surface area contributed by atoms with Crippen molar-refractivity contribution in [3.05, 3.63) is 24.3 Å². The molecule has 0 atom stereocenters. The van der Waals surface area contributed by atoms with Crippen molar-refractivity contribution in [2.24, 2.45) is 0 Å². The van der Waals surface area contributed by atoms with Crippen molar-refractivity contribution >= 4 is 27.3 Å². The van der Waals surface area contributed by atoms with E-state index in [0.717, 1.165) is 0 Å². The summed E-state index contributed by atoms with van der Waals surface area (Å²) >= 11 is 5.59. The maximum atomic E-state index is 12.4. The Hall–Kier alpha value is -0.940. The highest BCUT2D eigenvalue weighted by atomic mass is 35.5. The number of benzene rings is 1. The van der Waals surface area contributed by atoms with E-state index >= 15 is 0 Å². The lowest BCUT2D eigenvalue weighted by Gasteiger charge is -2.23. The van der Waals surface area contributed by atoms with Crippen LogP contribution in [-0.2, 0) is 10.0 Å². The minimum atomic E-state index is -3.30. The number of sulfonamides is 1. The van der Waals surface area contributed by atoms with Gasteiger partial charge < -0.3 is 4.74 Å². The van der Waals surface area contributed by atoms with E-state index in [1.807, 2.05) is 18.2 Å². The number of alkyl halides is 1. The van der Waals surface area contributed by atoms with Gasteiger partial charge in [-0.1, -0.05) is 12.1 Å². The van der Waals surface area contributed by atoms with Crippen LogP contribution in [0.15, 0.2) is 24.3 Å². The zero-order valence-electron chi connectivity index (χ0n) is 10.7. The molecule has 19 heavy (non-hydrogen) atoms. The topological polar surface area (TPSA) is 46.6 Å². The molecule has 4 nitrogen and oxygen atoms in total. The van der Waals surface area contributed by atoms with Gasteiger partial charge >= 0.3 is 0 Å². The summed E-state index contributed by atoms with van der Waals surface area (Å²) in [6, 6.07) is 7.28. The van der Waals surface area contributed by atoms with Crippen molar-refractivity contribution in [3.8, 4) is 5.75 Å². The van der Waals surface area contributed by atoms with Gasteiger partial charge in [0.1, 0.15) is 5.75 Å². The number of unbranched alkanes of at least 4 members (excludes halogenated alkanes) is 1. The Labute approximate surface area is 119 Å². The predicted octanol–water partition coefficient (Wildman–Crippen LogP) is 2.62. The lowest BCUT2D eigenvalue weighted by Crippen LogP contribution is -2.33. The van der Waals surface area contributed by atoms with Crippen molar-refractivity contribution in [3.63, 3.8) is 0 Å². The minimum absolute atomic E-state index is 0.133. The monoisotopic (exact) mass is 303 g/mol. The van der Waals surface area contributed by atoms with Gasteiger partial charge in [-0.2, -0.15) is 0 Å². The first-order valence-electron chi connectivity index (χ1n) is 6.43. The van der Waals surface area contributed by atoms with Crippen LogP contribution in [0.4, 0.5) is 5.69 Å². The number of ether oxygens (including phenoxy) is 1. The number of rotatable bonds is 5. The molecule has 6 heteroatoms. The van der Waals surface area contributed by atoms with Gasteiger partial charge in [0, 0.05) is 18.8 Å². The second-order valence-electron chi connectivity index (χ2n) is 4.45. The summed E-state index contributed by atoms with van der Waals surface area (Å²) < 4.78 is 31.9. The van der Waals surface area contributed by atoms with Crippen LogP contribution in [0.5, 0.6) is 5.75 Å². The summed E-state index contributed by atoms with van der Waals surface area (Å²) in [5.74, 6) is 1.27. The van der Waals surface area contributed by atoms with Gasteiger partial charge in [0.25, 0.3) is 0 Å². The molecule has 2 rings (SSSR count). The van der Waals surface area contributed by atoms with E-state index in [4.69, 9.17) is 16.3 Å². The molecule has 1 aliphatic heterocycles. The molecule has 0 aliphatic carbocycles. The van der Waals surface area contributed by atoms with Gasteiger partial charge in [-0.3, -0.25) is 4.31 Å². The maximum Gasteiger partial charge on any atom is 0.235 e. The Balaban J connectivity index is 2.23. The first kappa shape index (κ1) is 14.5. The van der Waals surface area contributed by atoms with Gasteiger partial charge in [0.05, 0.1) is 18.0 Å². The maximum absolute atomic E-state index is 12.4. The van der Waals surface area contributed by atoms with Gasteiger partial charge in [-0.25, -0.2) is 8.42 Å². The highest BCUT2D eigenvalue weighted by Crippen LogP contribution is 2.32. The normalized spacial score (nSPS) is 15.5. The summed E-state index contributed by atoms with van der Waals surface area (Å²) in [5.41, 5.74) is 0.644. The van der Waals surface area contributed by atoms with E-state index in [1.54, 1.807) is 6.07 Å². The van der Waals surface area contributed by atoms with Crippen LogP contribution in [0.2, 0.25) is 0 Å². The molecule has 0 unspecified atom stereocenters. The molecule has 106 valence electrons. The molecular formula is C13H18ClNO3S. The number of anilines is 1. The Morgan fingerprint density at radius 2 is 2.05 bits per heavy atom. The van der Waals surface area contributed by atoms with Crippen LogP contribution in [-0.4, -0.2) is 33.2 Å². The zero-order chi connectivity index (χ0) is 13.7. The predicted molar refractivity (Wildman–Crippen MR) is 77.6 cm³/mol. The first-order chi connectivity index (χ1) is 9.15. The van der Waals surface area contributed by atoms with Crippen LogP contribution in [0.1, 0.15) is 19.3 Å². The van der Waals surface area contributed by atoms with Crippen LogP contribution in [0, 0.1) is 0 Å². The number of hydrogen-bond donors (Lipinski definition) is 0. The van der Waals surface area contributed by atoms with Crippen LogP contribution >= 0.6 is 11.6 Å². The Bertz CT molecular complexity index is 518. The van der Waals surface area contributed by atoms with E-state index < -0.39 is 10.0 Å². The summed E-state index contributed by atoms with van der Waals surface area (Å²) in [5, 5.41) is 0. The highest BCUT2D eigenvalue weighted by Gasteiger charge is 2.26. The SMILES string of the molecule is O=S(=O)(CCCCCl)N1CCCOc2ccccc21. The number of fused-ring (bicyclic) bond motifs is 1. The van der Waals surface area contributed by atoms with E-state index in [-0.39, 0.29) is 5.75 Å². The van der Waals surface area contributed by atoms with Gasteiger partial charge in [0.15, 0.2) is 0 Å². The van der Waals surface area contributed by atoms with Gasteiger partial charge in [-0.15, -0.1) is 11.6 Å². The molecule has 1 aromatic rings. The summed E-state index contributed by atoms with van der Waals surface area (Å²) in [6.45, 7) is 1.02. The third kappa shape index (κ3) is 3.54. The Morgan fingerprint density at radius 3 is 2.84 bits per heavy atom. The van der Waals surface area contributed by atoms with Crippen LogP contribution in [0.3, 0.4) is 0 Å². The number of para-hydroxylation sites is 2. The van der Waals surface area contributed by atoms with E-state index in [0.29, 0.717) is 49.7 Å². The molecule has 1 aliphatic rings. The van der Waals surface area contributed by atoms with Crippen molar-refractivity contribution < 1.29 is 13.2 Å². The second kappa shape index (κ2) is 6.48. The lowest BCUT2D eigenvalue weighted by molar-refractivity contribution is 0.322. The van der Waals surface area contributed by atoms with Crippen LogP contribution in [0.25, 0.3) is 0 Å². The summed E-state index contributed by atoms with van der Waals surface area (Å²) in [7, 11) is -3.30. The highest BCUT2D eigenvalue weighted by molar-refractivity contribution is 7.92. The summed E-state index contributed by atoms with van der Waals surface area (Å²) in [6.07, 6.45) is 2.00. The van der Waals surface area contributed by atoms with E-state index in [1.165, 1.54) is 4.31 Å². The van der Waals surface area contributed by atoms with Crippen molar-refractivity contribution in [1.82, 2.24) is 0 Å². The molecule has 0 spiro atoms. The third-order valence-corrected chi connectivity index (χ3v) is 5.14. The lowest BCUT2D eigenvalue weighted by atomic mass is 10.3. The average molecular weight is 304 g/mol. The van der Waals surface area contributed by atoms with Gasteiger partial charge in [0.2, 0.25) is 10.0 Å². The number of hydrogen-bond acceptors (Lipinski definition) is 3. The molecule has 0 N–H and O–H groups in total. The molecule has 0 aromatic heterocycles. The molecular weight excluding hydrogens is 286 g/mol. The van der Waals surface area contributed by atoms with Gasteiger partial charge in [-0.05, 0) is 25.0 Å². The smallest absolute Gasteiger partial charge is 0.235 e. The molecule has 0 saturated heterocycles. The van der Waals surface area contributed by atoms with E-state index in [9.17, 15) is 8.42 Å². The largest absolute Gasteiger partial charge is 0.491 e. The molecule has 0 fully saturated rings. The Morgan fingerprint density at radius 1 is 1.26 bits per heavy atom. The zero-order valence-corrected chi connectivity index (χ0v) is 12.3. The molecule has 0 saturated carbocycles. The Kier molecular flexibility index (Phi) is 4.93. The van der Waals surface area contributed by atoms with Crippen molar-refractivity contribution in [2.45, 2.75) is 19.3 Å².